The number of rotatable bonds is 5. The third-order valence-corrected chi connectivity index (χ3v) is 5.22. The number of carbonyl (C=O) groups excluding carboxylic acids is 1. The van der Waals surface area contributed by atoms with E-state index in [1.165, 1.54) is 44.2 Å². The Morgan fingerprint density at radius 1 is 1.27 bits per heavy atom. The molecule has 138 valence electrons. The molecule has 2 aliphatic rings. The van der Waals surface area contributed by atoms with E-state index < -0.39 is 4.92 Å². The van der Waals surface area contributed by atoms with Crippen LogP contribution >= 0.6 is 11.8 Å². The number of nitro benzene ring substituents is 1. The van der Waals surface area contributed by atoms with Crippen LogP contribution in [-0.4, -0.2) is 36.3 Å². The molecule has 0 aromatic heterocycles. The maximum absolute atomic E-state index is 12.2. The Kier molecular flexibility index (Phi) is 5.46. The second-order valence-corrected chi connectivity index (χ2v) is 6.99. The molecule has 1 aromatic carbocycles. The molecule has 0 unspecified atom stereocenters. The highest BCUT2D eigenvalue weighted by atomic mass is 32.2. The van der Waals surface area contributed by atoms with Gasteiger partial charge in [-0.1, -0.05) is 12.8 Å². The lowest BCUT2D eigenvalue weighted by Crippen LogP contribution is -2.21. The SMILES string of the molecule is COc1cc(/C=C2\SC(=NC3CCCC3)NC2=O)c([N+](=O)[O-])cc1OC. The van der Waals surface area contributed by atoms with Gasteiger partial charge in [0, 0.05) is 0 Å². The van der Waals surface area contributed by atoms with Gasteiger partial charge in [0.25, 0.3) is 11.6 Å². The van der Waals surface area contributed by atoms with Crippen LogP contribution in [0.15, 0.2) is 22.0 Å². The topological polar surface area (TPSA) is 103 Å². The van der Waals surface area contributed by atoms with E-state index in [1.807, 2.05) is 0 Å². The number of hydrogen-bond donors (Lipinski definition) is 1. The van der Waals surface area contributed by atoms with Crippen molar-refractivity contribution in [1.82, 2.24) is 5.32 Å². The van der Waals surface area contributed by atoms with Crippen LogP contribution in [0.1, 0.15) is 31.2 Å². The molecule has 3 rings (SSSR count). The summed E-state index contributed by atoms with van der Waals surface area (Å²) >= 11 is 1.20. The van der Waals surface area contributed by atoms with E-state index in [4.69, 9.17) is 9.47 Å². The predicted octanol–water partition coefficient (Wildman–Crippen LogP) is 3.11. The zero-order chi connectivity index (χ0) is 18.7. The number of nitrogens with one attached hydrogen (secondary N) is 1. The van der Waals surface area contributed by atoms with Gasteiger partial charge in [-0.05, 0) is 36.7 Å². The standard InChI is InChI=1S/C17H19N3O5S/c1-24-13-7-10(12(20(22)23)9-14(13)25-2)8-15-16(21)19-17(26-15)18-11-5-3-4-6-11/h7-9,11H,3-6H2,1-2H3,(H,18,19,21)/b15-8-. The largest absolute Gasteiger partial charge is 0.493 e. The summed E-state index contributed by atoms with van der Waals surface area (Å²) in [7, 11) is 2.86. The van der Waals surface area contributed by atoms with Gasteiger partial charge in [-0.2, -0.15) is 0 Å². The van der Waals surface area contributed by atoms with Crippen molar-refractivity contribution >= 4 is 34.6 Å². The molecule has 8 nitrogen and oxygen atoms in total. The third kappa shape index (κ3) is 3.82. The quantitative estimate of drug-likeness (QED) is 0.480. The Hall–Kier alpha value is -2.55. The van der Waals surface area contributed by atoms with Crippen LogP contribution in [-0.2, 0) is 4.79 Å². The van der Waals surface area contributed by atoms with Gasteiger partial charge in [0.15, 0.2) is 16.7 Å². The van der Waals surface area contributed by atoms with Crippen LogP contribution < -0.4 is 14.8 Å². The number of benzene rings is 1. The van der Waals surface area contributed by atoms with Gasteiger partial charge >= 0.3 is 0 Å². The first kappa shape index (κ1) is 18.2. The van der Waals surface area contributed by atoms with Crippen molar-refractivity contribution in [2.75, 3.05) is 14.2 Å². The zero-order valence-electron chi connectivity index (χ0n) is 14.5. The summed E-state index contributed by atoms with van der Waals surface area (Å²) in [5.41, 5.74) is 0.108. The van der Waals surface area contributed by atoms with Crippen LogP contribution in [0.5, 0.6) is 11.5 Å². The lowest BCUT2D eigenvalue weighted by Gasteiger charge is -2.09. The van der Waals surface area contributed by atoms with E-state index in [0.717, 1.165) is 25.7 Å². The Morgan fingerprint density at radius 2 is 1.92 bits per heavy atom. The zero-order valence-corrected chi connectivity index (χ0v) is 15.3. The molecule has 2 fully saturated rings. The fourth-order valence-corrected chi connectivity index (χ4v) is 3.87. The first-order valence-electron chi connectivity index (χ1n) is 8.21. The molecule has 1 aliphatic heterocycles. The van der Waals surface area contributed by atoms with Gasteiger partial charge < -0.3 is 14.8 Å². The van der Waals surface area contributed by atoms with Crippen molar-refractivity contribution in [3.8, 4) is 11.5 Å². The van der Waals surface area contributed by atoms with E-state index in [1.54, 1.807) is 0 Å². The minimum atomic E-state index is -0.514. The van der Waals surface area contributed by atoms with Crippen LogP contribution in [0.2, 0.25) is 0 Å². The van der Waals surface area contributed by atoms with Crippen LogP contribution in [0.25, 0.3) is 6.08 Å². The highest BCUT2D eigenvalue weighted by Gasteiger charge is 2.27. The van der Waals surface area contributed by atoms with Gasteiger partial charge in [-0.25, -0.2) is 0 Å². The summed E-state index contributed by atoms with van der Waals surface area (Å²) in [5.74, 6) is 0.303. The second-order valence-electron chi connectivity index (χ2n) is 5.96. The lowest BCUT2D eigenvalue weighted by atomic mass is 10.1. The number of nitro groups is 1. The summed E-state index contributed by atoms with van der Waals surface area (Å²) in [6.45, 7) is 0. The summed E-state index contributed by atoms with van der Waals surface area (Å²) in [5, 5.41) is 14.7. The number of nitrogens with zero attached hydrogens (tertiary/aromatic N) is 2. The summed E-state index contributed by atoms with van der Waals surface area (Å²) in [4.78, 5) is 28.0. The highest BCUT2D eigenvalue weighted by molar-refractivity contribution is 8.18. The van der Waals surface area contributed by atoms with Crippen LogP contribution in [0.3, 0.4) is 0 Å². The average Bonchev–Trinajstić information content (AvgIpc) is 3.24. The van der Waals surface area contributed by atoms with Crippen molar-refractivity contribution in [2.45, 2.75) is 31.7 Å². The Bertz CT molecular complexity index is 800. The van der Waals surface area contributed by atoms with E-state index in [2.05, 4.69) is 10.3 Å². The minimum Gasteiger partial charge on any atom is -0.493 e. The van der Waals surface area contributed by atoms with Crippen molar-refractivity contribution in [1.29, 1.82) is 0 Å². The van der Waals surface area contributed by atoms with Crippen molar-refractivity contribution in [2.24, 2.45) is 4.99 Å². The third-order valence-electron chi connectivity index (χ3n) is 4.29. The van der Waals surface area contributed by atoms with E-state index in [0.29, 0.717) is 15.8 Å². The number of amidine groups is 1. The molecule has 1 N–H and O–H groups in total. The summed E-state index contributed by atoms with van der Waals surface area (Å²) < 4.78 is 10.3. The molecule has 0 radical (unpaired) electrons. The number of thioether (sulfide) groups is 1. The maximum Gasteiger partial charge on any atom is 0.280 e. The molecule has 0 bridgehead atoms. The molecular weight excluding hydrogens is 358 g/mol. The molecule has 0 atom stereocenters. The molecule has 1 heterocycles. The Balaban J connectivity index is 1.93. The number of ether oxygens (including phenoxy) is 2. The minimum absolute atomic E-state index is 0.162. The number of carbonyl (C=O) groups is 1. The Labute approximate surface area is 154 Å². The van der Waals surface area contributed by atoms with Gasteiger partial charge in [0.2, 0.25) is 0 Å². The molecule has 1 saturated carbocycles. The molecule has 9 heteroatoms. The number of amides is 1. The fourth-order valence-electron chi connectivity index (χ4n) is 2.99. The number of hydrogen-bond acceptors (Lipinski definition) is 7. The summed E-state index contributed by atoms with van der Waals surface area (Å²) in [6.07, 6.45) is 5.85. The fraction of sp³-hybridized carbons (Fsp3) is 0.412. The lowest BCUT2D eigenvalue weighted by molar-refractivity contribution is -0.385. The number of aliphatic imine (C=N–C) groups is 1. The average molecular weight is 377 g/mol. The predicted molar refractivity (Wildman–Crippen MR) is 99.6 cm³/mol. The van der Waals surface area contributed by atoms with Crippen molar-refractivity contribution in [3.63, 3.8) is 0 Å². The number of methoxy groups -OCH3 is 2. The molecular formula is C17H19N3O5S. The van der Waals surface area contributed by atoms with Gasteiger partial charge in [0.05, 0.1) is 41.7 Å². The van der Waals surface area contributed by atoms with E-state index in [-0.39, 0.29) is 28.9 Å². The van der Waals surface area contributed by atoms with Crippen LogP contribution in [0.4, 0.5) is 5.69 Å². The van der Waals surface area contributed by atoms with Gasteiger partial charge in [-0.3, -0.25) is 19.9 Å². The first-order chi connectivity index (χ1) is 12.5. The van der Waals surface area contributed by atoms with Crippen LogP contribution in [0, 0.1) is 10.1 Å². The molecule has 0 spiro atoms. The maximum atomic E-state index is 12.2. The first-order valence-corrected chi connectivity index (χ1v) is 9.02. The summed E-state index contributed by atoms with van der Waals surface area (Å²) in [6, 6.07) is 3.02. The molecule has 1 amide bonds. The van der Waals surface area contributed by atoms with Crippen molar-refractivity contribution < 1.29 is 19.2 Å². The molecule has 1 aromatic rings. The smallest absolute Gasteiger partial charge is 0.280 e. The van der Waals surface area contributed by atoms with Crippen molar-refractivity contribution in [3.05, 3.63) is 32.7 Å². The van der Waals surface area contributed by atoms with E-state index >= 15 is 0 Å². The monoisotopic (exact) mass is 377 g/mol. The molecule has 1 aliphatic carbocycles. The highest BCUT2D eigenvalue weighted by Crippen LogP contribution is 2.37. The van der Waals surface area contributed by atoms with Gasteiger partial charge in [-0.15, -0.1) is 0 Å². The second kappa shape index (κ2) is 7.77. The normalized spacial score (nSPS) is 20.6. The van der Waals surface area contributed by atoms with E-state index in [9.17, 15) is 14.9 Å². The Morgan fingerprint density at radius 3 is 2.54 bits per heavy atom. The molecule has 26 heavy (non-hydrogen) atoms. The van der Waals surface area contributed by atoms with Gasteiger partial charge in [0.1, 0.15) is 0 Å². The molecule has 1 saturated heterocycles.